The van der Waals surface area contributed by atoms with Gasteiger partial charge in [-0.05, 0) is 24.3 Å². The summed E-state index contributed by atoms with van der Waals surface area (Å²) in [5, 5.41) is 11.5. The number of anilines is 2. The van der Waals surface area contributed by atoms with E-state index in [-0.39, 0.29) is 9.79 Å². The molecule has 0 aliphatic rings. The first-order valence-electron chi connectivity index (χ1n) is 8.36. The zero-order valence-corrected chi connectivity index (χ0v) is 17.1. The molecule has 0 saturated carbocycles. The van der Waals surface area contributed by atoms with E-state index in [1.165, 1.54) is 48.5 Å². The third-order valence-corrected chi connectivity index (χ3v) is 6.25. The summed E-state index contributed by atoms with van der Waals surface area (Å²) in [4.78, 5) is 21.7. The highest BCUT2D eigenvalue weighted by atomic mass is 32.2. The summed E-state index contributed by atoms with van der Waals surface area (Å²) in [6.07, 6.45) is 0.880. The van der Waals surface area contributed by atoms with Crippen LogP contribution in [0.4, 0.5) is 17.3 Å². The van der Waals surface area contributed by atoms with E-state index in [4.69, 9.17) is 0 Å². The van der Waals surface area contributed by atoms with Gasteiger partial charge in [-0.3, -0.25) is 21.0 Å². The van der Waals surface area contributed by atoms with E-state index >= 15 is 0 Å². The number of nitrogens with one attached hydrogen (secondary N) is 4. The van der Waals surface area contributed by atoms with Gasteiger partial charge in [-0.15, -0.1) is 9.66 Å². The van der Waals surface area contributed by atoms with Crippen molar-refractivity contribution in [2.24, 2.45) is 0 Å². The first kappa shape index (κ1) is 22.0. The van der Waals surface area contributed by atoms with Gasteiger partial charge in [0, 0.05) is 0 Å². The van der Waals surface area contributed by atoms with Crippen molar-refractivity contribution in [1.29, 1.82) is 0 Å². The minimum Gasteiger partial charge on any atom is -0.286 e. The molecule has 3 rings (SSSR count). The Morgan fingerprint density at radius 3 is 1.45 bits per heavy atom. The molecule has 3 aromatic rings. The lowest BCUT2D eigenvalue weighted by molar-refractivity contribution is -0.383. The minimum atomic E-state index is -4.06. The topological polar surface area (TPSA) is 185 Å². The molecular formula is C16H15N7O6S2. The summed E-state index contributed by atoms with van der Waals surface area (Å²) in [6.45, 7) is 0. The van der Waals surface area contributed by atoms with E-state index in [0.717, 1.165) is 6.33 Å². The Morgan fingerprint density at radius 1 is 0.710 bits per heavy atom. The van der Waals surface area contributed by atoms with Gasteiger partial charge in [0.2, 0.25) is 11.6 Å². The van der Waals surface area contributed by atoms with Crippen molar-refractivity contribution in [2.75, 3.05) is 10.9 Å². The maximum atomic E-state index is 12.3. The van der Waals surface area contributed by atoms with Crippen molar-refractivity contribution in [1.82, 2.24) is 19.6 Å². The van der Waals surface area contributed by atoms with Crippen molar-refractivity contribution < 1.29 is 21.8 Å². The van der Waals surface area contributed by atoms with Crippen LogP contribution in [0.15, 0.2) is 76.8 Å². The van der Waals surface area contributed by atoms with Gasteiger partial charge in [0.25, 0.3) is 20.0 Å². The van der Waals surface area contributed by atoms with E-state index in [0.29, 0.717) is 0 Å². The second-order valence-corrected chi connectivity index (χ2v) is 9.13. The predicted octanol–water partition coefficient (Wildman–Crippen LogP) is 0.996. The van der Waals surface area contributed by atoms with Gasteiger partial charge in [-0.1, -0.05) is 36.4 Å². The number of benzene rings is 2. The van der Waals surface area contributed by atoms with E-state index in [2.05, 4.69) is 20.8 Å². The standard InChI is InChI=1S/C16H15N7O6S2/c24-23(25)14-15(19-21-30(26,27)12-7-3-1-4-8-12)17-11-18-16(14)20-22-31(28,29)13-9-5-2-6-10-13/h1-11,21-22H,(H2,17,18,19,20). The highest BCUT2D eigenvalue weighted by Crippen LogP contribution is 2.28. The first-order chi connectivity index (χ1) is 14.7. The molecule has 31 heavy (non-hydrogen) atoms. The highest BCUT2D eigenvalue weighted by molar-refractivity contribution is 7.89. The summed E-state index contributed by atoms with van der Waals surface area (Å²) in [5.74, 6) is -1.03. The molecule has 1 heterocycles. The quantitative estimate of drug-likeness (QED) is 0.262. The third-order valence-electron chi connectivity index (χ3n) is 3.72. The molecule has 0 radical (unpaired) electrons. The number of aromatic nitrogens is 2. The summed E-state index contributed by atoms with van der Waals surface area (Å²) in [6, 6.07) is 14.5. The number of nitro groups is 1. The van der Waals surface area contributed by atoms with Crippen LogP contribution < -0.4 is 20.5 Å². The van der Waals surface area contributed by atoms with Gasteiger partial charge in [-0.2, -0.15) is 0 Å². The number of hydrogen-bond donors (Lipinski definition) is 4. The Kier molecular flexibility index (Phi) is 6.40. The molecular weight excluding hydrogens is 450 g/mol. The van der Waals surface area contributed by atoms with Gasteiger partial charge >= 0.3 is 5.69 Å². The number of hydrazine groups is 2. The number of nitrogens with zero attached hydrogens (tertiary/aromatic N) is 3. The van der Waals surface area contributed by atoms with Crippen LogP contribution in [0.1, 0.15) is 0 Å². The lowest BCUT2D eigenvalue weighted by Crippen LogP contribution is -2.32. The van der Waals surface area contributed by atoms with Crippen LogP contribution in [0.25, 0.3) is 0 Å². The summed E-state index contributed by atoms with van der Waals surface area (Å²) < 4.78 is 49.2. The SMILES string of the molecule is O=[N+]([O-])c1c(NNS(=O)(=O)c2ccccc2)ncnc1NNS(=O)(=O)c1ccccc1. The Hall–Kier alpha value is -3.66. The van der Waals surface area contributed by atoms with Crippen molar-refractivity contribution in [3.8, 4) is 0 Å². The second kappa shape index (κ2) is 9.00. The third kappa shape index (κ3) is 5.28. The van der Waals surface area contributed by atoms with Gasteiger partial charge in [0.05, 0.1) is 14.7 Å². The molecule has 0 saturated heterocycles. The Balaban J connectivity index is 1.82. The van der Waals surface area contributed by atoms with Crippen LogP contribution in [-0.4, -0.2) is 31.7 Å². The fraction of sp³-hybridized carbons (Fsp3) is 0. The molecule has 4 N–H and O–H groups in total. The average molecular weight is 465 g/mol. The van der Waals surface area contributed by atoms with Crippen molar-refractivity contribution in [3.05, 3.63) is 77.1 Å². The van der Waals surface area contributed by atoms with Gasteiger partial charge in [-0.25, -0.2) is 26.8 Å². The van der Waals surface area contributed by atoms with E-state index in [1.54, 1.807) is 12.1 Å². The van der Waals surface area contributed by atoms with Gasteiger partial charge in [0.15, 0.2) is 0 Å². The lowest BCUT2D eigenvalue weighted by Gasteiger charge is -2.12. The maximum Gasteiger partial charge on any atom is 0.355 e. The van der Waals surface area contributed by atoms with Crippen LogP contribution in [0, 0.1) is 10.1 Å². The molecule has 13 nitrogen and oxygen atoms in total. The van der Waals surface area contributed by atoms with Gasteiger partial charge < -0.3 is 0 Å². The van der Waals surface area contributed by atoms with Crippen molar-refractivity contribution in [2.45, 2.75) is 9.79 Å². The molecule has 0 spiro atoms. The zero-order chi connectivity index (χ0) is 22.5. The first-order valence-corrected chi connectivity index (χ1v) is 11.3. The molecule has 2 aromatic carbocycles. The number of rotatable bonds is 9. The van der Waals surface area contributed by atoms with Crippen LogP contribution in [-0.2, 0) is 20.0 Å². The molecule has 0 fully saturated rings. The predicted molar refractivity (Wildman–Crippen MR) is 109 cm³/mol. The van der Waals surface area contributed by atoms with Crippen molar-refractivity contribution >= 4 is 37.4 Å². The summed E-state index contributed by atoms with van der Waals surface area (Å²) >= 11 is 0. The van der Waals surface area contributed by atoms with Crippen LogP contribution in [0.3, 0.4) is 0 Å². The number of sulfonamides is 2. The monoisotopic (exact) mass is 465 g/mol. The average Bonchev–Trinajstić information content (AvgIpc) is 2.77. The second-order valence-electron chi connectivity index (χ2n) is 5.76. The normalized spacial score (nSPS) is 11.6. The van der Waals surface area contributed by atoms with Crippen LogP contribution in [0.5, 0.6) is 0 Å². The fourth-order valence-corrected chi connectivity index (χ4v) is 4.01. The molecule has 0 bridgehead atoms. The highest BCUT2D eigenvalue weighted by Gasteiger charge is 2.26. The largest absolute Gasteiger partial charge is 0.355 e. The summed E-state index contributed by atoms with van der Waals surface area (Å²) in [7, 11) is -8.12. The molecule has 15 heteroatoms. The molecule has 0 unspecified atom stereocenters. The van der Waals surface area contributed by atoms with Crippen molar-refractivity contribution in [3.63, 3.8) is 0 Å². The lowest BCUT2D eigenvalue weighted by atomic mass is 10.4. The maximum absolute atomic E-state index is 12.3. The Bertz CT molecular complexity index is 1190. The molecule has 1 aromatic heterocycles. The summed E-state index contributed by atoms with van der Waals surface area (Å²) in [5.41, 5.74) is 3.51. The molecule has 0 atom stereocenters. The van der Waals surface area contributed by atoms with E-state index < -0.39 is 42.3 Å². The Labute approximate surface area is 176 Å². The van der Waals surface area contributed by atoms with Crippen LogP contribution in [0.2, 0.25) is 0 Å². The Morgan fingerprint density at radius 2 is 1.10 bits per heavy atom. The van der Waals surface area contributed by atoms with Gasteiger partial charge in [0.1, 0.15) is 6.33 Å². The zero-order valence-electron chi connectivity index (χ0n) is 15.5. The molecule has 0 amide bonds. The molecule has 162 valence electrons. The number of hydrogen-bond acceptors (Lipinski definition) is 10. The molecule has 0 aliphatic heterocycles. The smallest absolute Gasteiger partial charge is 0.286 e. The molecule has 0 aliphatic carbocycles. The minimum absolute atomic E-state index is 0.0896. The van der Waals surface area contributed by atoms with E-state index in [9.17, 15) is 26.9 Å². The van der Waals surface area contributed by atoms with E-state index in [1.807, 2.05) is 9.66 Å². The van der Waals surface area contributed by atoms with Crippen LogP contribution >= 0.6 is 0 Å². The fourth-order valence-electron chi connectivity index (χ4n) is 2.28.